The average Bonchev–Trinajstić information content (AvgIpc) is 2.85. The van der Waals surface area contributed by atoms with E-state index in [0.717, 1.165) is 6.08 Å². The predicted molar refractivity (Wildman–Crippen MR) is 84.7 cm³/mol. The van der Waals surface area contributed by atoms with Crippen LogP contribution in [0.2, 0.25) is 0 Å². The van der Waals surface area contributed by atoms with Crippen LogP contribution in [0.15, 0.2) is 24.3 Å². The first-order chi connectivity index (χ1) is 12.2. The number of ether oxygens (including phenoxy) is 2. The molecular formula is C16H20O10. The van der Waals surface area contributed by atoms with E-state index in [9.17, 15) is 35.4 Å². The molecule has 5 atom stereocenters. The lowest BCUT2D eigenvalue weighted by molar-refractivity contribution is -0.254. The second-order valence-corrected chi connectivity index (χ2v) is 5.80. The summed E-state index contributed by atoms with van der Waals surface area (Å²) in [4.78, 5) is 11.6. The molecule has 1 aromatic carbocycles. The lowest BCUT2D eigenvalue weighted by atomic mass is 10.0. The van der Waals surface area contributed by atoms with Crippen molar-refractivity contribution in [2.45, 2.75) is 30.2 Å². The van der Waals surface area contributed by atoms with Crippen LogP contribution in [0.1, 0.15) is 5.56 Å². The average molecular weight is 372 g/mol. The zero-order chi connectivity index (χ0) is 19.5. The van der Waals surface area contributed by atoms with Crippen LogP contribution in [0.25, 0.3) is 6.08 Å². The number of aliphatic hydroxyl groups excluding tert-OH is 4. The Labute approximate surface area is 147 Å². The second-order valence-electron chi connectivity index (χ2n) is 5.80. The van der Waals surface area contributed by atoms with Gasteiger partial charge in [-0.25, -0.2) is 4.79 Å². The van der Waals surface area contributed by atoms with Gasteiger partial charge in [0.1, 0.15) is 31.0 Å². The van der Waals surface area contributed by atoms with E-state index >= 15 is 0 Å². The van der Waals surface area contributed by atoms with Gasteiger partial charge in [0.15, 0.2) is 11.5 Å². The van der Waals surface area contributed by atoms with Crippen molar-refractivity contribution in [1.82, 2.24) is 0 Å². The topological polar surface area (TPSA) is 177 Å². The van der Waals surface area contributed by atoms with Gasteiger partial charge in [0.05, 0.1) is 6.61 Å². The van der Waals surface area contributed by atoms with Gasteiger partial charge in [-0.15, -0.1) is 0 Å². The van der Waals surface area contributed by atoms with Crippen LogP contribution in [0.4, 0.5) is 0 Å². The molecule has 10 nitrogen and oxygen atoms in total. The Kier molecular flexibility index (Phi) is 6.18. The summed E-state index contributed by atoms with van der Waals surface area (Å²) in [5.41, 5.74) is 0.406. The van der Waals surface area contributed by atoms with Crippen LogP contribution in [0.5, 0.6) is 11.5 Å². The molecule has 1 saturated heterocycles. The highest BCUT2D eigenvalue weighted by Gasteiger charge is 2.55. The number of benzene rings is 1. The van der Waals surface area contributed by atoms with Crippen molar-refractivity contribution in [3.05, 3.63) is 29.8 Å². The molecule has 144 valence electrons. The molecule has 0 radical (unpaired) electrons. The Morgan fingerprint density at radius 1 is 1.31 bits per heavy atom. The summed E-state index contributed by atoms with van der Waals surface area (Å²) in [6, 6.07) is 3.89. The van der Waals surface area contributed by atoms with Gasteiger partial charge in [-0.3, -0.25) is 0 Å². The van der Waals surface area contributed by atoms with Crippen molar-refractivity contribution >= 4 is 12.0 Å². The molecule has 1 heterocycles. The number of aromatic hydroxyl groups is 2. The first kappa shape index (κ1) is 20.1. The zero-order valence-corrected chi connectivity index (χ0v) is 13.5. The van der Waals surface area contributed by atoms with E-state index in [-0.39, 0.29) is 11.5 Å². The van der Waals surface area contributed by atoms with Crippen molar-refractivity contribution in [3.8, 4) is 11.5 Å². The quantitative estimate of drug-likeness (QED) is 0.165. The highest BCUT2D eigenvalue weighted by atomic mass is 16.7. The highest BCUT2D eigenvalue weighted by molar-refractivity contribution is 5.87. The number of phenols is 2. The molecule has 1 aliphatic heterocycles. The summed E-state index contributed by atoms with van der Waals surface area (Å²) >= 11 is 0. The van der Waals surface area contributed by atoms with Crippen molar-refractivity contribution in [3.63, 3.8) is 0 Å². The molecule has 2 rings (SSSR count). The number of esters is 1. The van der Waals surface area contributed by atoms with Crippen LogP contribution in [-0.4, -0.2) is 85.1 Å². The van der Waals surface area contributed by atoms with Crippen molar-refractivity contribution in [2.24, 2.45) is 0 Å². The van der Waals surface area contributed by atoms with Crippen LogP contribution in [-0.2, 0) is 14.3 Å². The fourth-order valence-corrected chi connectivity index (χ4v) is 2.38. The Morgan fingerprint density at radius 2 is 2.00 bits per heavy atom. The van der Waals surface area contributed by atoms with Gasteiger partial charge >= 0.3 is 5.97 Å². The molecule has 0 saturated carbocycles. The first-order valence-electron chi connectivity index (χ1n) is 7.60. The highest BCUT2D eigenvalue weighted by Crippen LogP contribution is 2.30. The van der Waals surface area contributed by atoms with Crippen LogP contribution in [0, 0.1) is 0 Å². The fraction of sp³-hybridized carbons (Fsp3) is 0.438. The minimum absolute atomic E-state index is 0.312. The Hall–Kier alpha value is -2.21. The predicted octanol–water partition coefficient (Wildman–Crippen LogP) is -2.18. The third kappa shape index (κ3) is 4.30. The normalized spacial score (nSPS) is 29.8. The lowest BCUT2D eigenvalue weighted by Crippen LogP contribution is -2.46. The third-order valence-corrected chi connectivity index (χ3v) is 3.88. The number of rotatable bonds is 6. The maximum atomic E-state index is 11.6. The van der Waals surface area contributed by atoms with Crippen molar-refractivity contribution < 1.29 is 50.0 Å². The molecule has 0 aromatic heterocycles. The van der Waals surface area contributed by atoms with Crippen LogP contribution < -0.4 is 0 Å². The molecule has 0 spiro atoms. The van der Waals surface area contributed by atoms with E-state index in [0.29, 0.717) is 5.56 Å². The summed E-state index contributed by atoms with van der Waals surface area (Å²) in [5.74, 6) is -3.95. The van der Waals surface area contributed by atoms with Gasteiger partial charge in [0, 0.05) is 6.08 Å². The minimum Gasteiger partial charge on any atom is -0.504 e. The van der Waals surface area contributed by atoms with Crippen LogP contribution in [0.3, 0.4) is 0 Å². The lowest BCUT2D eigenvalue weighted by Gasteiger charge is -2.23. The van der Waals surface area contributed by atoms with Gasteiger partial charge in [-0.1, -0.05) is 6.07 Å². The molecule has 1 aliphatic rings. The molecule has 26 heavy (non-hydrogen) atoms. The van der Waals surface area contributed by atoms with Crippen molar-refractivity contribution in [1.29, 1.82) is 0 Å². The Morgan fingerprint density at radius 3 is 2.58 bits per heavy atom. The number of carbonyl (C=O) groups is 1. The molecule has 1 fully saturated rings. The van der Waals surface area contributed by atoms with E-state index in [1.165, 1.54) is 24.3 Å². The second kappa shape index (κ2) is 7.99. The molecule has 1 aromatic rings. The summed E-state index contributed by atoms with van der Waals surface area (Å²) in [6.45, 7) is -1.61. The number of aliphatic hydroxyl groups is 5. The smallest absolute Gasteiger partial charge is 0.330 e. The molecule has 0 amide bonds. The maximum absolute atomic E-state index is 11.6. The van der Waals surface area contributed by atoms with E-state index in [4.69, 9.17) is 14.6 Å². The van der Waals surface area contributed by atoms with Gasteiger partial charge in [-0.05, 0) is 23.8 Å². The SMILES string of the molecule is O=C(/C=C/c1ccc(O)c(O)c1)OC[C@H](O)[C@H]1O[C@@](O)(CO)[C@@H](O)[C@@H]1O. The van der Waals surface area contributed by atoms with E-state index in [2.05, 4.69) is 0 Å². The Balaban J connectivity index is 1.88. The number of phenolic OH excluding ortho intramolecular Hbond substituents is 2. The first-order valence-corrected chi connectivity index (χ1v) is 7.60. The van der Waals surface area contributed by atoms with E-state index < -0.39 is 49.4 Å². The maximum Gasteiger partial charge on any atom is 0.330 e. The monoisotopic (exact) mass is 372 g/mol. The largest absolute Gasteiger partial charge is 0.504 e. The van der Waals surface area contributed by atoms with E-state index in [1.807, 2.05) is 0 Å². The van der Waals surface area contributed by atoms with Crippen LogP contribution >= 0.6 is 0 Å². The summed E-state index contributed by atoms with van der Waals surface area (Å²) < 4.78 is 9.64. The van der Waals surface area contributed by atoms with Gasteiger partial charge in [0.2, 0.25) is 5.79 Å². The zero-order valence-electron chi connectivity index (χ0n) is 13.5. The molecule has 7 N–H and O–H groups in total. The fourth-order valence-electron chi connectivity index (χ4n) is 2.38. The van der Waals surface area contributed by atoms with Gasteiger partial charge in [0.25, 0.3) is 0 Å². The standard InChI is InChI=1S/C16H20O10/c17-7-16(24)15(23)13(22)14(26-16)11(20)6-25-12(21)4-2-8-1-3-9(18)10(19)5-8/h1-5,11,13-15,17-20,22-24H,6-7H2/b4-2+/t11-,13+,14+,15-,16-/m0/s1. The summed E-state index contributed by atoms with van der Waals surface area (Å²) in [6.07, 6.45) is -4.29. The third-order valence-electron chi connectivity index (χ3n) is 3.88. The molecule has 0 bridgehead atoms. The summed E-state index contributed by atoms with van der Waals surface area (Å²) in [5, 5.41) is 66.5. The molecule has 0 unspecified atom stereocenters. The minimum atomic E-state index is -2.42. The summed E-state index contributed by atoms with van der Waals surface area (Å²) in [7, 11) is 0. The molecule has 0 aliphatic carbocycles. The van der Waals surface area contributed by atoms with Gasteiger partial charge < -0.3 is 45.2 Å². The number of hydrogen-bond donors (Lipinski definition) is 7. The number of carbonyl (C=O) groups excluding carboxylic acids is 1. The van der Waals surface area contributed by atoms with Gasteiger partial charge in [-0.2, -0.15) is 0 Å². The van der Waals surface area contributed by atoms with E-state index in [1.54, 1.807) is 0 Å². The van der Waals surface area contributed by atoms with Crippen molar-refractivity contribution in [2.75, 3.05) is 13.2 Å². The Bertz CT molecular complexity index is 675. The molecule has 10 heteroatoms. The number of hydrogen-bond acceptors (Lipinski definition) is 10. The molecular weight excluding hydrogens is 352 g/mol.